The first-order chi connectivity index (χ1) is 12.2. The Hall–Kier alpha value is -2.11. The maximum atomic E-state index is 12.8. The van der Waals surface area contributed by atoms with Gasteiger partial charge in [0.15, 0.2) is 0 Å². The van der Waals surface area contributed by atoms with Gasteiger partial charge in [-0.25, -0.2) is 0 Å². The van der Waals surface area contributed by atoms with E-state index in [0.29, 0.717) is 26.2 Å². The summed E-state index contributed by atoms with van der Waals surface area (Å²) in [5.41, 5.74) is 2.19. The number of carbonyl (C=O) groups excluding carboxylic acids is 1. The van der Waals surface area contributed by atoms with E-state index in [9.17, 15) is 4.79 Å². The van der Waals surface area contributed by atoms with Crippen LogP contribution in [0.25, 0.3) is 10.9 Å². The Morgan fingerprint density at radius 3 is 2.80 bits per heavy atom. The van der Waals surface area contributed by atoms with Crippen LogP contribution in [0, 0.1) is 0 Å². The molecule has 0 spiro atoms. The van der Waals surface area contributed by atoms with Crippen molar-refractivity contribution in [3.8, 4) is 0 Å². The summed E-state index contributed by atoms with van der Waals surface area (Å²) in [6.07, 6.45) is 1.93. The SMILES string of the molecule is O=C(Cn1ccc2c(Br)cccc21)N1CCO[C@@H](c2ccccc2)C1. The molecule has 25 heavy (non-hydrogen) atoms. The summed E-state index contributed by atoms with van der Waals surface area (Å²) in [5.74, 6) is 0.127. The molecule has 5 heteroatoms. The van der Waals surface area contributed by atoms with E-state index in [0.717, 1.165) is 20.9 Å². The van der Waals surface area contributed by atoms with Gasteiger partial charge >= 0.3 is 0 Å². The van der Waals surface area contributed by atoms with Crippen LogP contribution in [-0.2, 0) is 16.1 Å². The fourth-order valence-corrected chi connectivity index (χ4v) is 3.80. The van der Waals surface area contributed by atoms with E-state index in [2.05, 4.69) is 28.1 Å². The van der Waals surface area contributed by atoms with Gasteiger partial charge in [-0.3, -0.25) is 4.79 Å². The van der Waals surface area contributed by atoms with Gasteiger partial charge in [0, 0.05) is 28.1 Å². The number of hydrogen-bond donors (Lipinski definition) is 0. The van der Waals surface area contributed by atoms with Crippen LogP contribution in [0.3, 0.4) is 0 Å². The third-order valence-corrected chi connectivity index (χ3v) is 5.35. The molecule has 4 nitrogen and oxygen atoms in total. The first kappa shape index (κ1) is 16.4. The van der Waals surface area contributed by atoms with Gasteiger partial charge in [0.1, 0.15) is 12.6 Å². The zero-order valence-corrected chi connectivity index (χ0v) is 15.4. The lowest BCUT2D eigenvalue weighted by molar-refractivity contribution is -0.139. The second-order valence-corrected chi connectivity index (χ2v) is 7.08. The molecular weight excluding hydrogens is 380 g/mol. The predicted octanol–water partition coefficient (Wildman–Crippen LogP) is 4.00. The lowest BCUT2D eigenvalue weighted by Crippen LogP contribution is -2.43. The Morgan fingerprint density at radius 2 is 1.96 bits per heavy atom. The van der Waals surface area contributed by atoms with Crippen LogP contribution in [0.5, 0.6) is 0 Å². The van der Waals surface area contributed by atoms with E-state index in [4.69, 9.17) is 4.74 Å². The molecule has 2 heterocycles. The maximum absolute atomic E-state index is 12.8. The first-order valence-electron chi connectivity index (χ1n) is 8.40. The van der Waals surface area contributed by atoms with Crippen molar-refractivity contribution in [1.82, 2.24) is 9.47 Å². The Balaban J connectivity index is 1.49. The van der Waals surface area contributed by atoms with Crippen molar-refractivity contribution in [2.75, 3.05) is 19.7 Å². The van der Waals surface area contributed by atoms with Gasteiger partial charge in [0.25, 0.3) is 0 Å². The number of ether oxygens (including phenoxy) is 1. The Bertz CT molecular complexity index is 891. The number of morpholine rings is 1. The number of benzene rings is 2. The number of halogens is 1. The van der Waals surface area contributed by atoms with Gasteiger partial charge in [0.05, 0.1) is 13.2 Å². The Morgan fingerprint density at radius 1 is 1.12 bits per heavy atom. The van der Waals surface area contributed by atoms with Crippen molar-refractivity contribution in [1.29, 1.82) is 0 Å². The largest absolute Gasteiger partial charge is 0.370 e. The summed E-state index contributed by atoms with van der Waals surface area (Å²) in [7, 11) is 0. The fourth-order valence-electron chi connectivity index (χ4n) is 3.31. The zero-order valence-electron chi connectivity index (χ0n) is 13.8. The molecule has 1 amide bonds. The minimum absolute atomic E-state index is 0.0468. The summed E-state index contributed by atoms with van der Waals surface area (Å²) in [6, 6.07) is 18.2. The van der Waals surface area contributed by atoms with Crippen LogP contribution in [0.4, 0.5) is 0 Å². The lowest BCUT2D eigenvalue weighted by atomic mass is 10.1. The quantitative estimate of drug-likeness (QED) is 0.667. The lowest BCUT2D eigenvalue weighted by Gasteiger charge is -2.33. The van der Waals surface area contributed by atoms with Crippen molar-refractivity contribution in [3.05, 3.63) is 70.8 Å². The number of aromatic nitrogens is 1. The summed E-state index contributed by atoms with van der Waals surface area (Å²) in [4.78, 5) is 14.7. The summed E-state index contributed by atoms with van der Waals surface area (Å²) < 4.78 is 8.92. The average molecular weight is 399 g/mol. The molecule has 1 atom stereocenters. The molecule has 0 aliphatic carbocycles. The Labute approximate surface area is 155 Å². The molecule has 0 radical (unpaired) electrons. The van der Waals surface area contributed by atoms with Crippen molar-refractivity contribution in [2.24, 2.45) is 0 Å². The minimum Gasteiger partial charge on any atom is -0.370 e. The van der Waals surface area contributed by atoms with Crippen LogP contribution in [0.1, 0.15) is 11.7 Å². The topological polar surface area (TPSA) is 34.5 Å². The first-order valence-corrected chi connectivity index (χ1v) is 9.19. The summed E-state index contributed by atoms with van der Waals surface area (Å²) in [6.45, 7) is 2.17. The maximum Gasteiger partial charge on any atom is 0.242 e. The number of nitrogens with zero attached hydrogens (tertiary/aromatic N) is 2. The van der Waals surface area contributed by atoms with Gasteiger partial charge in [-0.15, -0.1) is 0 Å². The van der Waals surface area contributed by atoms with Crippen LogP contribution < -0.4 is 0 Å². The summed E-state index contributed by atoms with van der Waals surface area (Å²) >= 11 is 3.56. The van der Waals surface area contributed by atoms with Gasteiger partial charge in [-0.2, -0.15) is 0 Å². The van der Waals surface area contributed by atoms with Crippen molar-refractivity contribution < 1.29 is 9.53 Å². The molecule has 3 aromatic rings. The Kier molecular flexibility index (Phi) is 4.59. The van der Waals surface area contributed by atoms with Gasteiger partial charge in [-0.1, -0.05) is 52.3 Å². The average Bonchev–Trinajstić information content (AvgIpc) is 3.07. The van der Waals surface area contributed by atoms with Crippen molar-refractivity contribution in [2.45, 2.75) is 12.6 Å². The summed E-state index contributed by atoms with van der Waals surface area (Å²) in [5, 5.41) is 1.12. The number of rotatable bonds is 3. The number of fused-ring (bicyclic) bond motifs is 1. The molecule has 128 valence electrons. The highest BCUT2D eigenvalue weighted by Gasteiger charge is 2.25. The number of carbonyl (C=O) groups is 1. The van der Waals surface area contributed by atoms with E-state index in [1.807, 2.05) is 58.1 Å². The second-order valence-electron chi connectivity index (χ2n) is 6.23. The van der Waals surface area contributed by atoms with Crippen LogP contribution >= 0.6 is 15.9 Å². The molecule has 1 aromatic heterocycles. The molecule has 0 bridgehead atoms. The molecule has 0 N–H and O–H groups in total. The van der Waals surface area contributed by atoms with E-state index in [1.165, 1.54) is 0 Å². The molecule has 1 aliphatic rings. The normalized spacial score (nSPS) is 17.8. The minimum atomic E-state index is -0.0468. The van der Waals surface area contributed by atoms with Gasteiger partial charge in [-0.05, 0) is 23.8 Å². The highest BCUT2D eigenvalue weighted by atomic mass is 79.9. The smallest absolute Gasteiger partial charge is 0.242 e. The fraction of sp³-hybridized carbons (Fsp3) is 0.250. The monoisotopic (exact) mass is 398 g/mol. The van der Waals surface area contributed by atoms with Crippen molar-refractivity contribution >= 4 is 32.7 Å². The molecule has 1 fully saturated rings. The molecular formula is C20H19BrN2O2. The highest BCUT2D eigenvalue weighted by molar-refractivity contribution is 9.10. The van der Waals surface area contributed by atoms with E-state index < -0.39 is 0 Å². The number of amides is 1. The standard InChI is InChI=1S/C20H19BrN2O2/c21-17-7-4-8-18-16(17)9-10-22(18)14-20(24)23-11-12-25-19(13-23)15-5-2-1-3-6-15/h1-10,19H,11-14H2/t19-/m1/s1. The molecule has 1 aliphatic heterocycles. The zero-order chi connectivity index (χ0) is 17.2. The molecule has 1 saturated heterocycles. The predicted molar refractivity (Wildman–Crippen MR) is 101 cm³/mol. The van der Waals surface area contributed by atoms with Crippen LogP contribution in [0.15, 0.2) is 65.3 Å². The van der Waals surface area contributed by atoms with E-state index >= 15 is 0 Å². The number of hydrogen-bond acceptors (Lipinski definition) is 2. The molecule has 0 unspecified atom stereocenters. The van der Waals surface area contributed by atoms with Crippen LogP contribution in [0.2, 0.25) is 0 Å². The third-order valence-electron chi connectivity index (χ3n) is 4.66. The molecule has 0 saturated carbocycles. The van der Waals surface area contributed by atoms with Gasteiger partial charge < -0.3 is 14.2 Å². The highest BCUT2D eigenvalue weighted by Crippen LogP contribution is 2.25. The van der Waals surface area contributed by atoms with Crippen LogP contribution in [-0.4, -0.2) is 35.1 Å². The van der Waals surface area contributed by atoms with E-state index in [-0.39, 0.29) is 12.0 Å². The second kappa shape index (κ2) is 7.02. The van der Waals surface area contributed by atoms with Crippen molar-refractivity contribution in [3.63, 3.8) is 0 Å². The van der Waals surface area contributed by atoms with E-state index in [1.54, 1.807) is 0 Å². The molecule has 4 rings (SSSR count). The van der Waals surface area contributed by atoms with Gasteiger partial charge in [0.2, 0.25) is 5.91 Å². The third kappa shape index (κ3) is 3.34. The molecule has 2 aromatic carbocycles.